The lowest BCUT2D eigenvalue weighted by molar-refractivity contribution is -0.136. The van der Waals surface area contributed by atoms with Crippen molar-refractivity contribution in [2.24, 2.45) is 5.41 Å². The first-order valence-electron chi connectivity index (χ1n) is 7.25. The Morgan fingerprint density at radius 1 is 1.25 bits per heavy atom. The molecule has 3 rings (SSSR count). The van der Waals surface area contributed by atoms with Crippen molar-refractivity contribution in [1.29, 1.82) is 0 Å². The van der Waals surface area contributed by atoms with Crippen molar-refractivity contribution in [2.75, 3.05) is 11.4 Å². The molecule has 1 N–H and O–H groups in total. The third-order valence-corrected chi connectivity index (χ3v) is 4.15. The molecular formula is C16H20N2O2. The van der Waals surface area contributed by atoms with Gasteiger partial charge in [-0.1, -0.05) is 18.2 Å². The molecule has 1 aromatic rings. The summed E-state index contributed by atoms with van der Waals surface area (Å²) in [5.74, 6) is -0.137. The van der Waals surface area contributed by atoms with Crippen LogP contribution in [0.15, 0.2) is 24.3 Å². The zero-order valence-electron chi connectivity index (χ0n) is 12.0. The number of rotatable bonds is 3. The standard InChI is InChI=1S/C16H20N2O2/c1-11(2)17-14(19)16(8-9-16)15(20)18-10-7-12-5-3-4-6-13(12)18/h3-6,11H,7-10H2,1-2H3,(H,17,19). The molecule has 4 nitrogen and oxygen atoms in total. The number of amides is 2. The second-order valence-corrected chi connectivity index (χ2v) is 6.05. The van der Waals surface area contributed by atoms with Crippen molar-refractivity contribution < 1.29 is 9.59 Å². The molecule has 0 saturated heterocycles. The van der Waals surface area contributed by atoms with E-state index in [2.05, 4.69) is 11.4 Å². The SMILES string of the molecule is CC(C)NC(=O)C1(C(=O)N2CCc3ccccc32)CC1. The van der Waals surface area contributed by atoms with Crippen LogP contribution in [0.4, 0.5) is 5.69 Å². The number of carbonyl (C=O) groups excluding carboxylic acids is 2. The van der Waals surface area contributed by atoms with Crippen LogP contribution < -0.4 is 10.2 Å². The minimum absolute atomic E-state index is 0.0272. The fraction of sp³-hybridized carbons (Fsp3) is 0.500. The quantitative estimate of drug-likeness (QED) is 0.854. The third-order valence-electron chi connectivity index (χ3n) is 4.15. The molecule has 0 aromatic heterocycles. The van der Waals surface area contributed by atoms with Gasteiger partial charge in [-0.25, -0.2) is 0 Å². The van der Waals surface area contributed by atoms with Gasteiger partial charge in [-0.15, -0.1) is 0 Å². The fourth-order valence-electron chi connectivity index (χ4n) is 2.87. The molecule has 0 bridgehead atoms. The van der Waals surface area contributed by atoms with E-state index >= 15 is 0 Å². The Morgan fingerprint density at radius 3 is 2.60 bits per heavy atom. The second kappa shape index (κ2) is 4.62. The monoisotopic (exact) mass is 272 g/mol. The van der Waals surface area contributed by atoms with Crippen molar-refractivity contribution in [2.45, 2.75) is 39.2 Å². The Morgan fingerprint density at radius 2 is 1.95 bits per heavy atom. The molecule has 1 aliphatic heterocycles. The molecule has 106 valence electrons. The smallest absolute Gasteiger partial charge is 0.242 e. The van der Waals surface area contributed by atoms with Gasteiger partial charge in [0.25, 0.3) is 0 Å². The van der Waals surface area contributed by atoms with E-state index in [1.165, 1.54) is 5.56 Å². The highest BCUT2D eigenvalue weighted by molar-refractivity contribution is 6.14. The molecule has 0 radical (unpaired) electrons. The summed E-state index contributed by atoms with van der Waals surface area (Å²) in [6.07, 6.45) is 2.22. The highest BCUT2D eigenvalue weighted by atomic mass is 16.2. The number of nitrogens with zero attached hydrogens (tertiary/aromatic N) is 1. The maximum atomic E-state index is 12.8. The first-order chi connectivity index (χ1) is 9.54. The average Bonchev–Trinajstić information content (AvgIpc) is 3.12. The van der Waals surface area contributed by atoms with Crippen molar-refractivity contribution in [1.82, 2.24) is 5.32 Å². The first-order valence-corrected chi connectivity index (χ1v) is 7.25. The summed E-state index contributed by atoms with van der Waals surface area (Å²) in [7, 11) is 0. The summed E-state index contributed by atoms with van der Waals surface area (Å²) in [5.41, 5.74) is 1.36. The third kappa shape index (κ3) is 1.99. The summed E-state index contributed by atoms with van der Waals surface area (Å²) in [6.45, 7) is 4.53. The van der Waals surface area contributed by atoms with Crippen LogP contribution in [-0.2, 0) is 16.0 Å². The number of hydrogen-bond acceptors (Lipinski definition) is 2. The number of benzene rings is 1. The van der Waals surface area contributed by atoms with Gasteiger partial charge in [0.05, 0.1) is 0 Å². The summed E-state index contributed by atoms with van der Waals surface area (Å²) >= 11 is 0. The topological polar surface area (TPSA) is 49.4 Å². The Balaban J connectivity index is 1.82. The van der Waals surface area contributed by atoms with Crippen molar-refractivity contribution in [3.63, 3.8) is 0 Å². The summed E-state index contributed by atoms with van der Waals surface area (Å²) in [5, 5.41) is 2.89. The summed E-state index contributed by atoms with van der Waals surface area (Å²) in [4.78, 5) is 26.9. The Kier molecular flexibility index (Phi) is 3.04. The van der Waals surface area contributed by atoms with Crippen LogP contribution in [0.25, 0.3) is 0 Å². The molecule has 20 heavy (non-hydrogen) atoms. The zero-order valence-corrected chi connectivity index (χ0v) is 12.0. The van der Waals surface area contributed by atoms with Crippen molar-refractivity contribution in [3.8, 4) is 0 Å². The van der Waals surface area contributed by atoms with E-state index < -0.39 is 5.41 Å². The van der Waals surface area contributed by atoms with Crippen LogP contribution >= 0.6 is 0 Å². The van der Waals surface area contributed by atoms with E-state index in [4.69, 9.17) is 0 Å². The molecule has 2 amide bonds. The Hall–Kier alpha value is -1.84. The van der Waals surface area contributed by atoms with Crippen molar-refractivity contribution in [3.05, 3.63) is 29.8 Å². The number of hydrogen-bond donors (Lipinski definition) is 1. The summed E-state index contributed by atoms with van der Waals surface area (Å²) < 4.78 is 0. The molecule has 1 fully saturated rings. The molecule has 1 aromatic carbocycles. The molecule has 0 spiro atoms. The number of carbonyl (C=O) groups is 2. The molecule has 0 unspecified atom stereocenters. The van der Waals surface area contributed by atoms with E-state index in [1.807, 2.05) is 32.0 Å². The van der Waals surface area contributed by atoms with E-state index in [1.54, 1.807) is 4.90 Å². The largest absolute Gasteiger partial charge is 0.353 e. The van der Waals surface area contributed by atoms with Gasteiger partial charge in [-0.3, -0.25) is 9.59 Å². The first kappa shape index (κ1) is 13.2. The number of para-hydroxylation sites is 1. The Bertz CT molecular complexity index is 561. The van der Waals surface area contributed by atoms with Crippen LogP contribution in [0.2, 0.25) is 0 Å². The number of nitrogens with one attached hydrogen (secondary N) is 1. The lowest BCUT2D eigenvalue weighted by atomic mass is 10.0. The second-order valence-electron chi connectivity index (χ2n) is 6.05. The summed E-state index contributed by atoms with van der Waals surface area (Å²) in [6, 6.07) is 8.02. The van der Waals surface area contributed by atoms with Crippen LogP contribution in [0.3, 0.4) is 0 Å². The van der Waals surface area contributed by atoms with Crippen LogP contribution in [0, 0.1) is 5.41 Å². The van der Waals surface area contributed by atoms with Gasteiger partial charge in [-0.05, 0) is 44.7 Å². The van der Waals surface area contributed by atoms with Gasteiger partial charge in [0, 0.05) is 18.3 Å². The van der Waals surface area contributed by atoms with Gasteiger partial charge in [0.1, 0.15) is 5.41 Å². The van der Waals surface area contributed by atoms with Crippen LogP contribution in [-0.4, -0.2) is 24.4 Å². The minimum Gasteiger partial charge on any atom is -0.353 e. The average molecular weight is 272 g/mol. The van der Waals surface area contributed by atoms with Crippen LogP contribution in [0.5, 0.6) is 0 Å². The van der Waals surface area contributed by atoms with E-state index in [0.717, 1.165) is 12.1 Å². The normalized spacial score (nSPS) is 18.9. The Labute approximate surface area is 119 Å². The van der Waals surface area contributed by atoms with E-state index in [0.29, 0.717) is 19.4 Å². The molecule has 0 atom stereocenters. The molecule has 1 heterocycles. The molecular weight excluding hydrogens is 252 g/mol. The van der Waals surface area contributed by atoms with Gasteiger partial charge >= 0.3 is 0 Å². The lowest BCUT2D eigenvalue weighted by Gasteiger charge is -2.24. The van der Waals surface area contributed by atoms with E-state index in [9.17, 15) is 9.59 Å². The highest BCUT2D eigenvalue weighted by Gasteiger charge is 2.58. The molecule has 1 saturated carbocycles. The zero-order chi connectivity index (χ0) is 14.3. The van der Waals surface area contributed by atoms with Gasteiger partial charge in [-0.2, -0.15) is 0 Å². The number of fused-ring (bicyclic) bond motifs is 1. The van der Waals surface area contributed by atoms with Crippen molar-refractivity contribution >= 4 is 17.5 Å². The maximum Gasteiger partial charge on any atom is 0.242 e. The maximum absolute atomic E-state index is 12.8. The number of anilines is 1. The minimum atomic E-state index is -0.804. The van der Waals surface area contributed by atoms with E-state index in [-0.39, 0.29) is 17.9 Å². The highest BCUT2D eigenvalue weighted by Crippen LogP contribution is 2.49. The van der Waals surface area contributed by atoms with Gasteiger partial charge in [0.2, 0.25) is 11.8 Å². The molecule has 4 heteroatoms. The molecule has 1 aliphatic carbocycles. The van der Waals surface area contributed by atoms with Gasteiger partial charge in [0.15, 0.2) is 0 Å². The predicted molar refractivity (Wildman–Crippen MR) is 77.4 cm³/mol. The van der Waals surface area contributed by atoms with Crippen LogP contribution in [0.1, 0.15) is 32.3 Å². The predicted octanol–water partition coefficient (Wildman–Crippen LogP) is 1.88. The lowest BCUT2D eigenvalue weighted by Crippen LogP contribution is -2.46. The van der Waals surface area contributed by atoms with Gasteiger partial charge < -0.3 is 10.2 Å². The molecule has 2 aliphatic rings. The fourth-order valence-corrected chi connectivity index (χ4v) is 2.87.